The molecule has 0 bridgehead atoms. The second-order valence-corrected chi connectivity index (χ2v) is 7.65. The number of halogens is 3. The Labute approximate surface area is 175 Å². The van der Waals surface area contributed by atoms with Crippen molar-refractivity contribution in [1.29, 1.82) is 0 Å². The van der Waals surface area contributed by atoms with E-state index in [4.69, 9.17) is 28.9 Å². The minimum Gasteiger partial charge on any atom is -0.383 e. The van der Waals surface area contributed by atoms with Crippen LogP contribution in [0.3, 0.4) is 0 Å². The van der Waals surface area contributed by atoms with Gasteiger partial charge in [0, 0.05) is 17.4 Å². The summed E-state index contributed by atoms with van der Waals surface area (Å²) in [5, 5.41) is 2.55. The molecule has 0 radical (unpaired) electrons. The second kappa shape index (κ2) is 7.57. The Morgan fingerprint density at radius 2 is 1.93 bits per heavy atom. The molecule has 1 heterocycles. The molecule has 1 saturated carbocycles. The molecule has 4 rings (SSSR count). The van der Waals surface area contributed by atoms with Crippen LogP contribution >= 0.6 is 23.2 Å². The number of carbonyl (C=O) groups excluding carboxylic acids is 2. The molecule has 0 unspecified atom stereocenters. The van der Waals surface area contributed by atoms with Crippen molar-refractivity contribution in [3.8, 4) is 0 Å². The van der Waals surface area contributed by atoms with Crippen LogP contribution in [0.1, 0.15) is 40.0 Å². The highest BCUT2D eigenvalue weighted by Gasteiger charge is 2.28. The van der Waals surface area contributed by atoms with Crippen molar-refractivity contribution in [2.24, 2.45) is 5.92 Å². The number of ketones is 1. The third kappa shape index (κ3) is 3.75. The van der Waals surface area contributed by atoms with Gasteiger partial charge in [0.25, 0.3) is 5.91 Å². The van der Waals surface area contributed by atoms with E-state index in [0.29, 0.717) is 16.8 Å². The number of para-hydroxylation sites is 1. The Morgan fingerprint density at radius 1 is 1.17 bits per heavy atom. The monoisotopic (exact) mass is 432 g/mol. The van der Waals surface area contributed by atoms with E-state index in [9.17, 15) is 14.0 Å². The van der Waals surface area contributed by atoms with Crippen molar-refractivity contribution < 1.29 is 14.0 Å². The summed E-state index contributed by atoms with van der Waals surface area (Å²) in [4.78, 5) is 33.4. The molecule has 1 aliphatic rings. The van der Waals surface area contributed by atoms with Gasteiger partial charge in [0.05, 0.1) is 21.8 Å². The lowest BCUT2D eigenvalue weighted by Crippen LogP contribution is -2.15. The molecular formula is C20H15Cl2FN4O2. The molecule has 0 saturated heterocycles. The summed E-state index contributed by atoms with van der Waals surface area (Å²) in [6.45, 7) is 0. The normalized spacial score (nSPS) is 13.5. The molecule has 6 nitrogen and oxygen atoms in total. The summed E-state index contributed by atoms with van der Waals surface area (Å²) in [5.74, 6) is -1.22. The summed E-state index contributed by atoms with van der Waals surface area (Å²) < 4.78 is 14.4. The Balaban J connectivity index is 1.72. The number of hydrogen-bond donors (Lipinski definition) is 2. The van der Waals surface area contributed by atoms with Gasteiger partial charge < -0.3 is 11.1 Å². The van der Waals surface area contributed by atoms with E-state index in [0.717, 1.165) is 18.9 Å². The average molecular weight is 433 g/mol. The fourth-order valence-electron chi connectivity index (χ4n) is 3.08. The van der Waals surface area contributed by atoms with Crippen LogP contribution < -0.4 is 11.1 Å². The van der Waals surface area contributed by atoms with Gasteiger partial charge in [-0.05, 0) is 37.0 Å². The summed E-state index contributed by atoms with van der Waals surface area (Å²) in [6.07, 6.45) is 3.46. The zero-order chi connectivity index (χ0) is 20.7. The number of benzene rings is 2. The molecule has 148 valence electrons. The number of carbonyl (C=O) groups is 2. The average Bonchev–Trinajstić information content (AvgIpc) is 3.51. The molecule has 0 aliphatic heterocycles. The molecule has 1 aliphatic carbocycles. The number of nitrogen functional groups attached to an aromatic ring is 1. The first-order chi connectivity index (χ1) is 13.9. The molecule has 1 aromatic heterocycles. The molecular weight excluding hydrogens is 418 g/mol. The van der Waals surface area contributed by atoms with Gasteiger partial charge in [-0.1, -0.05) is 29.3 Å². The number of nitrogens with two attached hydrogens (primary N) is 1. The van der Waals surface area contributed by atoms with Crippen LogP contribution in [0.25, 0.3) is 10.9 Å². The summed E-state index contributed by atoms with van der Waals surface area (Å²) >= 11 is 12.4. The number of aromatic nitrogens is 2. The number of nitrogens with zero attached hydrogens (tertiary/aromatic N) is 2. The van der Waals surface area contributed by atoms with Crippen molar-refractivity contribution in [3.05, 3.63) is 57.6 Å². The number of amides is 1. The van der Waals surface area contributed by atoms with Gasteiger partial charge in [-0.3, -0.25) is 9.59 Å². The molecule has 0 atom stereocenters. The fourth-order valence-corrected chi connectivity index (χ4v) is 3.63. The van der Waals surface area contributed by atoms with E-state index in [-0.39, 0.29) is 44.9 Å². The molecule has 3 N–H and O–H groups in total. The van der Waals surface area contributed by atoms with E-state index < -0.39 is 11.7 Å². The Morgan fingerprint density at radius 3 is 2.66 bits per heavy atom. The molecule has 3 aromatic rings. The smallest absolute Gasteiger partial charge is 0.257 e. The first-order valence-corrected chi connectivity index (χ1v) is 9.63. The lowest BCUT2D eigenvalue weighted by molar-refractivity contribution is 0.0973. The van der Waals surface area contributed by atoms with Crippen LogP contribution in [0, 0.1) is 11.7 Å². The summed E-state index contributed by atoms with van der Waals surface area (Å²) in [6, 6.07) is 5.84. The largest absolute Gasteiger partial charge is 0.383 e. The van der Waals surface area contributed by atoms with E-state index in [1.165, 1.54) is 12.4 Å². The number of rotatable bonds is 5. The van der Waals surface area contributed by atoms with Crippen LogP contribution in [0.5, 0.6) is 0 Å². The molecule has 0 spiro atoms. The predicted molar refractivity (Wildman–Crippen MR) is 110 cm³/mol. The zero-order valence-electron chi connectivity index (χ0n) is 15.0. The van der Waals surface area contributed by atoms with Crippen molar-refractivity contribution in [2.45, 2.75) is 19.3 Å². The highest BCUT2D eigenvalue weighted by Crippen LogP contribution is 2.39. The molecule has 29 heavy (non-hydrogen) atoms. The SMILES string of the molecule is Nc1ncnc2c(C(=O)Nc3c(Cl)c(F)cc(C(=O)CC4CC4)c3Cl)cccc12. The Bertz CT molecular complexity index is 1160. The first kappa shape index (κ1) is 19.5. The Hall–Kier alpha value is -2.77. The van der Waals surface area contributed by atoms with Gasteiger partial charge >= 0.3 is 0 Å². The van der Waals surface area contributed by atoms with Crippen LogP contribution in [0.4, 0.5) is 15.9 Å². The van der Waals surface area contributed by atoms with Crippen molar-refractivity contribution in [1.82, 2.24) is 9.97 Å². The van der Waals surface area contributed by atoms with E-state index in [2.05, 4.69) is 15.3 Å². The van der Waals surface area contributed by atoms with Crippen LogP contribution in [-0.2, 0) is 0 Å². The standard InChI is InChI=1S/C20H15Cl2FN4O2/c21-15-12(14(28)6-9-4-5-9)7-13(23)16(22)18(15)27-20(29)11-3-1-2-10-17(11)25-8-26-19(10)24/h1-3,7-9H,4-6H2,(H,27,29)(H2,24,25,26). The van der Waals surface area contributed by atoms with Crippen LogP contribution in [-0.4, -0.2) is 21.7 Å². The van der Waals surface area contributed by atoms with E-state index >= 15 is 0 Å². The highest BCUT2D eigenvalue weighted by molar-refractivity contribution is 6.42. The van der Waals surface area contributed by atoms with E-state index in [1.54, 1.807) is 12.1 Å². The third-order valence-electron chi connectivity index (χ3n) is 4.81. The third-order valence-corrected chi connectivity index (χ3v) is 5.57. The van der Waals surface area contributed by atoms with Crippen LogP contribution in [0.2, 0.25) is 10.0 Å². The predicted octanol–water partition coefficient (Wildman–Crippen LogP) is 4.89. The minimum absolute atomic E-state index is 0.000237. The molecule has 2 aromatic carbocycles. The van der Waals surface area contributed by atoms with Gasteiger partial charge in [-0.2, -0.15) is 0 Å². The van der Waals surface area contributed by atoms with E-state index in [1.807, 2.05) is 0 Å². The van der Waals surface area contributed by atoms with Crippen molar-refractivity contribution in [3.63, 3.8) is 0 Å². The zero-order valence-corrected chi connectivity index (χ0v) is 16.5. The molecule has 9 heteroatoms. The summed E-state index contributed by atoms with van der Waals surface area (Å²) in [7, 11) is 0. The maximum atomic E-state index is 14.4. The van der Waals surface area contributed by atoms with Crippen molar-refractivity contribution in [2.75, 3.05) is 11.1 Å². The topological polar surface area (TPSA) is 98.0 Å². The number of fused-ring (bicyclic) bond motifs is 1. The quantitative estimate of drug-likeness (QED) is 0.441. The maximum Gasteiger partial charge on any atom is 0.257 e. The van der Waals surface area contributed by atoms with Gasteiger partial charge in [0.15, 0.2) is 5.78 Å². The minimum atomic E-state index is -0.838. The lowest BCUT2D eigenvalue weighted by atomic mass is 10.0. The highest BCUT2D eigenvalue weighted by atomic mass is 35.5. The molecule has 1 amide bonds. The van der Waals surface area contributed by atoms with Gasteiger partial charge in [-0.25, -0.2) is 14.4 Å². The Kier molecular flexibility index (Phi) is 5.10. The molecule has 1 fully saturated rings. The second-order valence-electron chi connectivity index (χ2n) is 6.89. The van der Waals surface area contributed by atoms with Gasteiger partial charge in [-0.15, -0.1) is 0 Å². The number of anilines is 2. The van der Waals surface area contributed by atoms with Crippen LogP contribution in [0.15, 0.2) is 30.6 Å². The van der Waals surface area contributed by atoms with Gasteiger partial charge in [0.2, 0.25) is 0 Å². The maximum absolute atomic E-state index is 14.4. The number of nitrogens with one attached hydrogen (secondary N) is 1. The van der Waals surface area contributed by atoms with Crippen molar-refractivity contribution >= 4 is 57.3 Å². The fraction of sp³-hybridized carbons (Fsp3) is 0.200. The van der Waals surface area contributed by atoms with Gasteiger partial charge in [0.1, 0.15) is 23.0 Å². The lowest BCUT2D eigenvalue weighted by Gasteiger charge is -2.14. The summed E-state index contributed by atoms with van der Waals surface area (Å²) in [5.41, 5.74) is 6.18. The first-order valence-electron chi connectivity index (χ1n) is 8.88. The number of hydrogen-bond acceptors (Lipinski definition) is 5. The number of Topliss-reactive ketones (excluding diaryl/α,β-unsaturated/α-hetero) is 1.